The van der Waals surface area contributed by atoms with Crippen molar-refractivity contribution in [1.82, 2.24) is 25.4 Å². The van der Waals surface area contributed by atoms with Crippen LogP contribution in [0.1, 0.15) is 22.5 Å². The topological polar surface area (TPSA) is 85.6 Å². The average molecular weight is 360 g/mol. The van der Waals surface area contributed by atoms with Crippen molar-refractivity contribution >= 4 is 5.96 Å². The van der Waals surface area contributed by atoms with Crippen molar-refractivity contribution in [3.8, 4) is 5.88 Å². The molecule has 0 aliphatic heterocycles. The molecule has 8 heteroatoms. The van der Waals surface area contributed by atoms with E-state index in [0.717, 1.165) is 17.0 Å². The van der Waals surface area contributed by atoms with Crippen LogP contribution in [0.5, 0.6) is 5.88 Å². The van der Waals surface area contributed by atoms with Gasteiger partial charge in [0, 0.05) is 57.3 Å². The second-order valence-electron chi connectivity index (χ2n) is 5.86. The van der Waals surface area contributed by atoms with E-state index in [9.17, 15) is 0 Å². The third-order valence-electron chi connectivity index (χ3n) is 4.14. The van der Waals surface area contributed by atoms with Crippen molar-refractivity contribution in [3.05, 3.63) is 40.8 Å². The van der Waals surface area contributed by atoms with E-state index >= 15 is 0 Å². The summed E-state index contributed by atoms with van der Waals surface area (Å²) in [7, 11) is 5.34. The van der Waals surface area contributed by atoms with Crippen molar-refractivity contribution in [2.24, 2.45) is 12.0 Å². The van der Waals surface area contributed by atoms with Crippen molar-refractivity contribution < 1.29 is 9.47 Å². The van der Waals surface area contributed by atoms with Gasteiger partial charge in [-0.3, -0.25) is 9.67 Å². The van der Waals surface area contributed by atoms with Gasteiger partial charge in [0.2, 0.25) is 5.88 Å². The molecule has 26 heavy (non-hydrogen) atoms. The zero-order valence-electron chi connectivity index (χ0n) is 16.2. The number of rotatable bonds is 8. The maximum absolute atomic E-state index is 5.66. The first-order valence-corrected chi connectivity index (χ1v) is 8.56. The van der Waals surface area contributed by atoms with Gasteiger partial charge < -0.3 is 20.1 Å². The maximum Gasteiger partial charge on any atom is 0.218 e. The first-order chi connectivity index (χ1) is 12.6. The van der Waals surface area contributed by atoms with Crippen LogP contribution < -0.4 is 15.4 Å². The SMILES string of the molecule is CN=C(NCc1cccnc1OCCOC)NCc1c(C)nn(C)c1C. The summed E-state index contributed by atoms with van der Waals surface area (Å²) in [6, 6.07) is 3.86. The highest BCUT2D eigenvalue weighted by atomic mass is 16.5. The molecule has 0 saturated carbocycles. The minimum atomic E-state index is 0.465. The van der Waals surface area contributed by atoms with E-state index in [1.165, 1.54) is 5.56 Å². The summed E-state index contributed by atoms with van der Waals surface area (Å²) in [5, 5.41) is 11.1. The molecule has 2 aromatic heterocycles. The molecule has 0 aliphatic rings. The van der Waals surface area contributed by atoms with Gasteiger partial charge in [-0.1, -0.05) is 6.07 Å². The Morgan fingerprint density at radius 1 is 1.23 bits per heavy atom. The second kappa shape index (κ2) is 9.76. The molecule has 2 heterocycles. The molecule has 0 bridgehead atoms. The average Bonchev–Trinajstić information content (AvgIpc) is 2.88. The van der Waals surface area contributed by atoms with Gasteiger partial charge in [-0.2, -0.15) is 5.10 Å². The molecule has 0 atom stereocenters. The van der Waals surface area contributed by atoms with E-state index in [2.05, 4.69) is 32.6 Å². The molecular formula is C18H28N6O2. The number of ether oxygens (including phenoxy) is 2. The number of aromatic nitrogens is 3. The van der Waals surface area contributed by atoms with Crippen LogP contribution in [0.3, 0.4) is 0 Å². The third-order valence-corrected chi connectivity index (χ3v) is 4.14. The molecule has 142 valence electrons. The largest absolute Gasteiger partial charge is 0.475 e. The molecule has 0 saturated heterocycles. The van der Waals surface area contributed by atoms with Crippen LogP contribution in [0.4, 0.5) is 0 Å². The number of nitrogens with one attached hydrogen (secondary N) is 2. The molecule has 0 radical (unpaired) electrons. The van der Waals surface area contributed by atoms with Gasteiger partial charge in [-0.05, 0) is 19.9 Å². The van der Waals surface area contributed by atoms with Gasteiger partial charge in [-0.25, -0.2) is 4.98 Å². The van der Waals surface area contributed by atoms with Crippen LogP contribution in [0.25, 0.3) is 0 Å². The van der Waals surface area contributed by atoms with Gasteiger partial charge in [-0.15, -0.1) is 0 Å². The fraction of sp³-hybridized carbons (Fsp3) is 0.500. The predicted octanol–water partition coefficient (Wildman–Crippen LogP) is 1.32. The van der Waals surface area contributed by atoms with Gasteiger partial charge in [0.1, 0.15) is 6.61 Å². The first kappa shape index (κ1) is 19.7. The van der Waals surface area contributed by atoms with E-state index in [0.29, 0.717) is 38.1 Å². The summed E-state index contributed by atoms with van der Waals surface area (Å²) in [5.41, 5.74) is 4.31. The Kier molecular flexibility index (Phi) is 7.40. The minimum absolute atomic E-state index is 0.465. The molecule has 0 fully saturated rings. The number of pyridine rings is 1. The second-order valence-corrected chi connectivity index (χ2v) is 5.86. The zero-order chi connectivity index (χ0) is 18.9. The van der Waals surface area contributed by atoms with Crippen LogP contribution in [0, 0.1) is 13.8 Å². The molecule has 2 aromatic rings. The lowest BCUT2D eigenvalue weighted by atomic mass is 10.2. The number of hydrogen-bond donors (Lipinski definition) is 2. The fourth-order valence-electron chi connectivity index (χ4n) is 2.56. The minimum Gasteiger partial charge on any atom is -0.475 e. The number of methoxy groups -OCH3 is 1. The van der Waals surface area contributed by atoms with E-state index in [1.54, 1.807) is 20.4 Å². The molecule has 0 aromatic carbocycles. The fourth-order valence-corrected chi connectivity index (χ4v) is 2.56. The van der Waals surface area contributed by atoms with Gasteiger partial charge in [0.05, 0.1) is 12.3 Å². The van der Waals surface area contributed by atoms with Gasteiger partial charge >= 0.3 is 0 Å². The normalized spacial score (nSPS) is 11.5. The summed E-state index contributed by atoms with van der Waals surface area (Å²) < 4.78 is 12.6. The first-order valence-electron chi connectivity index (χ1n) is 8.56. The maximum atomic E-state index is 5.66. The number of nitrogens with zero attached hydrogens (tertiary/aromatic N) is 4. The van der Waals surface area contributed by atoms with Crippen molar-refractivity contribution in [3.63, 3.8) is 0 Å². The van der Waals surface area contributed by atoms with Crippen LogP contribution >= 0.6 is 0 Å². The lowest BCUT2D eigenvalue weighted by molar-refractivity contribution is 0.143. The van der Waals surface area contributed by atoms with E-state index in [4.69, 9.17) is 9.47 Å². The molecule has 2 rings (SSSR count). The highest BCUT2D eigenvalue weighted by molar-refractivity contribution is 5.79. The number of aryl methyl sites for hydroxylation is 2. The van der Waals surface area contributed by atoms with Crippen LogP contribution in [0.15, 0.2) is 23.3 Å². The van der Waals surface area contributed by atoms with Crippen LogP contribution in [-0.2, 0) is 24.9 Å². The van der Waals surface area contributed by atoms with Crippen molar-refractivity contribution in [1.29, 1.82) is 0 Å². The summed E-state index contributed by atoms with van der Waals surface area (Å²) in [6.45, 7) is 6.28. The van der Waals surface area contributed by atoms with E-state index in [-0.39, 0.29) is 0 Å². The lowest BCUT2D eigenvalue weighted by Gasteiger charge is -2.14. The summed E-state index contributed by atoms with van der Waals surface area (Å²) in [5.74, 6) is 1.31. The Morgan fingerprint density at radius 2 is 2.00 bits per heavy atom. The predicted molar refractivity (Wildman–Crippen MR) is 101 cm³/mol. The van der Waals surface area contributed by atoms with Crippen LogP contribution in [0.2, 0.25) is 0 Å². The molecule has 8 nitrogen and oxygen atoms in total. The summed E-state index contributed by atoms with van der Waals surface area (Å²) in [6.07, 6.45) is 1.71. The molecular weight excluding hydrogens is 332 g/mol. The highest BCUT2D eigenvalue weighted by Crippen LogP contribution is 2.14. The number of aliphatic imine (C=N–C) groups is 1. The monoisotopic (exact) mass is 360 g/mol. The van der Waals surface area contributed by atoms with Crippen molar-refractivity contribution in [2.75, 3.05) is 27.4 Å². The van der Waals surface area contributed by atoms with Gasteiger partial charge in [0.15, 0.2) is 5.96 Å². The molecule has 0 unspecified atom stereocenters. The molecule has 0 spiro atoms. The Hall–Kier alpha value is -2.61. The highest BCUT2D eigenvalue weighted by Gasteiger charge is 2.10. The Morgan fingerprint density at radius 3 is 2.65 bits per heavy atom. The quantitative estimate of drug-likeness (QED) is 0.420. The number of hydrogen-bond acceptors (Lipinski definition) is 5. The smallest absolute Gasteiger partial charge is 0.218 e. The number of guanidine groups is 1. The van der Waals surface area contributed by atoms with Crippen molar-refractivity contribution in [2.45, 2.75) is 26.9 Å². The van der Waals surface area contributed by atoms with Crippen LogP contribution in [-0.4, -0.2) is 48.1 Å². The lowest BCUT2D eigenvalue weighted by Crippen LogP contribution is -2.36. The molecule has 2 N–H and O–H groups in total. The molecule has 0 amide bonds. The van der Waals surface area contributed by atoms with Gasteiger partial charge in [0.25, 0.3) is 0 Å². The summed E-state index contributed by atoms with van der Waals surface area (Å²) in [4.78, 5) is 8.56. The Bertz CT molecular complexity index is 741. The Labute approximate surface area is 154 Å². The zero-order valence-corrected chi connectivity index (χ0v) is 16.2. The summed E-state index contributed by atoms with van der Waals surface area (Å²) >= 11 is 0. The molecule has 0 aliphatic carbocycles. The third kappa shape index (κ3) is 5.19. The Balaban J connectivity index is 1.93. The van der Waals surface area contributed by atoms with E-state index in [1.807, 2.05) is 30.8 Å². The van der Waals surface area contributed by atoms with E-state index < -0.39 is 0 Å². The standard InChI is InChI=1S/C18H28N6O2/c1-13-16(14(2)24(4)23-13)12-22-18(19-3)21-11-15-7-6-8-20-17(15)26-10-9-25-5/h6-8H,9-12H2,1-5H3,(H2,19,21,22).